The Hall–Kier alpha value is -1.52. The van der Waals surface area contributed by atoms with Gasteiger partial charge < -0.3 is 14.2 Å². The van der Waals surface area contributed by atoms with Crippen molar-refractivity contribution in [2.24, 2.45) is 7.05 Å². The van der Waals surface area contributed by atoms with Crippen molar-refractivity contribution in [2.75, 3.05) is 13.1 Å². The van der Waals surface area contributed by atoms with E-state index in [-0.39, 0.29) is 11.7 Å². The molecule has 114 valence electrons. The predicted molar refractivity (Wildman–Crippen MR) is 79.6 cm³/mol. The van der Waals surface area contributed by atoms with E-state index in [1.807, 2.05) is 45.5 Å². The minimum atomic E-state index is -0.367. The van der Waals surface area contributed by atoms with Crippen molar-refractivity contribution in [2.45, 2.75) is 52.6 Å². The van der Waals surface area contributed by atoms with Gasteiger partial charge in [0.25, 0.3) is 0 Å². The van der Waals surface area contributed by atoms with Gasteiger partial charge in [0.2, 0.25) is 0 Å². The molecule has 0 N–H and O–H groups in total. The Morgan fingerprint density at radius 3 is 2.20 bits per heavy atom. The molecule has 0 unspecified atom stereocenters. The van der Waals surface area contributed by atoms with E-state index in [9.17, 15) is 4.79 Å². The Morgan fingerprint density at radius 2 is 1.85 bits per heavy atom. The zero-order valence-electron chi connectivity index (χ0n) is 13.3. The minimum Gasteiger partial charge on any atom is -0.444 e. The molecule has 1 aromatic rings. The van der Waals surface area contributed by atoms with Crippen LogP contribution >= 0.6 is 0 Å². The fourth-order valence-electron chi connectivity index (χ4n) is 1.84. The first-order valence-electron chi connectivity index (χ1n) is 7.21. The normalized spacial score (nSPS) is 15.3. The largest absolute Gasteiger partial charge is 0.444 e. The number of imidazole rings is 1. The number of rotatable bonds is 0. The van der Waals surface area contributed by atoms with Crippen LogP contribution in [0.4, 0.5) is 4.79 Å². The Labute approximate surface area is 121 Å². The molecule has 1 aromatic heterocycles. The average Bonchev–Trinajstić information content (AvgIpc) is 2.74. The fraction of sp³-hybridized carbons (Fsp3) is 0.733. The van der Waals surface area contributed by atoms with Crippen LogP contribution in [-0.4, -0.2) is 39.2 Å². The number of amides is 1. The maximum absolute atomic E-state index is 11.5. The molecule has 1 aliphatic heterocycles. The summed E-state index contributed by atoms with van der Waals surface area (Å²) in [5.74, 6) is 1.06. The first kappa shape index (κ1) is 16.5. The lowest BCUT2D eigenvalue weighted by Gasteiger charge is -2.29. The van der Waals surface area contributed by atoms with E-state index in [0.29, 0.717) is 0 Å². The summed E-state index contributed by atoms with van der Waals surface area (Å²) in [7, 11) is 1.97. The van der Waals surface area contributed by atoms with Crippen LogP contribution in [0.3, 0.4) is 0 Å². The second-order valence-electron chi connectivity index (χ2n) is 6.11. The molecular weight excluding hydrogens is 254 g/mol. The number of likely N-dealkylation sites (tertiary alicyclic amines) is 1. The molecule has 0 atom stereocenters. The Balaban J connectivity index is 0.000000240. The van der Waals surface area contributed by atoms with Gasteiger partial charge in [-0.05, 0) is 47.0 Å². The van der Waals surface area contributed by atoms with Crippen molar-refractivity contribution in [3.8, 4) is 0 Å². The van der Waals surface area contributed by atoms with Crippen LogP contribution in [0.1, 0.15) is 45.9 Å². The highest BCUT2D eigenvalue weighted by Crippen LogP contribution is 2.14. The zero-order chi connectivity index (χ0) is 15.2. The molecule has 2 rings (SSSR count). The van der Waals surface area contributed by atoms with E-state index >= 15 is 0 Å². The zero-order valence-corrected chi connectivity index (χ0v) is 13.3. The summed E-state index contributed by atoms with van der Waals surface area (Å²) in [6.45, 7) is 9.38. The molecule has 2 heterocycles. The van der Waals surface area contributed by atoms with E-state index in [1.54, 1.807) is 11.1 Å². The molecular formula is C15H27N3O2. The summed E-state index contributed by atoms with van der Waals surface area (Å²) >= 11 is 0. The van der Waals surface area contributed by atoms with E-state index < -0.39 is 0 Å². The van der Waals surface area contributed by atoms with Gasteiger partial charge in [-0.2, -0.15) is 0 Å². The van der Waals surface area contributed by atoms with Gasteiger partial charge in [0.1, 0.15) is 11.4 Å². The minimum absolute atomic E-state index is 0.160. The summed E-state index contributed by atoms with van der Waals surface area (Å²) in [6, 6.07) is 0. The third-order valence-electron chi connectivity index (χ3n) is 3.07. The number of hydrogen-bond donors (Lipinski definition) is 0. The van der Waals surface area contributed by atoms with Gasteiger partial charge in [-0.3, -0.25) is 0 Å². The smallest absolute Gasteiger partial charge is 0.410 e. The van der Waals surface area contributed by atoms with Gasteiger partial charge in [0.05, 0.1) is 0 Å². The van der Waals surface area contributed by atoms with Crippen molar-refractivity contribution < 1.29 is 9.53 Å². The number of aryl methyl sites for hydroxylation is 2. The molecule has 1 amide bonds. The summed E-state index contributed by atoms with van der Waals surface area (Å²) < 4.78 is 7.24. The highest BCUT2D eigenvalue weighted by molar-refractivity contribution is 5.68. The number of aromatic nitrogens is 2. The topological polar surface area (TPSA) is 47.4 Å². The molecule has 0 aromatic carbocycles. The quantitative estimate of drug-likeness (QED) is 0.734. The second kappa shape index (κ2) is 7.31. The number of piperidine rings is 1. The highest BCUT2D eigenvalue weighted by atomic mass is 16.6. The van der Waals surface area contributed by atoms with Crippen molar-refractivity contribution in [3.63, 3.8) is 0 Å². The van der Waals surface area contributed by atoms with Gasteiger partial charge in [-0.15, -0.1) is 0 Å². The van der Waals surface area contributed by atoms with Crippen molar-refractivity contribution in [1.29, 1.82) is 0 Å². The van der Waals surface area contributed by atoms with Crippen molar-refractivity contribution >= 4 is 6.09 Å². The first-order valence-corrected chi connectivity index (χ1v) is 7.21. The molecule has 1 aliphatic rings. The molecule has 0 bridgehead atoms. The maximum Gasteiger partial charge on any atom is 0.410 e. The lowest BCUT2D eigenvalue weighted by Crippen LogP contribution is -2.39. The number of ether oxygens (including phenoxy) is 1. The maximum atomic E-state index is 11.5. The van der Waals surface area contributed by atoms with Crippen LogP contribution in [0, 0.1) is 6.92 Å². The van der Waals surface area contributed by atoms with Crippen molar-refractivity contribution in [1.82, 2.24) is 14.5 Å². The molecule has 0 radical (unpaired) electrons. The monoisotopic (exact) mass is 281 g/mol. The molecule has 5 heteroatoms. The molecule has 1 saturated heterocycles. The molecule has 0 saturated carbocycles. The molecule has 0 spiro atoms. The van der Waals surface area contributed by atoms with E-state index in [1.165, 1.54) is 6.42 Å². The molecule has 1 fully saturated rings. The third-order valence-corrected chi connectivity index (χ3v) is 3.07. The first-order chi connectivity index (χ1) is 9.29. The predicted octanol–water partition coefficient (Wildman–Crippen LogP) is 3.14. The number of carbonyl (C=O) groups is 1. The van der Waals surface area contributed by atoms with Gasteiger partial charge in [0.15, 0.2) is 0 Å². The van der Waals surface area contributed by atoms with Crippen LogP contribution in [0.15, 0.2) is 12.4 Å². The number of carbonyl (C=O) groups excluding carboxylic acids is 1. The van der Waals surface area contributed by atoms with Crippen LogP contribution in [-0.2, 0) is 11.8 Å². The van der Waals surface area contributed by atoms with Gasteiger partial charge >= 0.3 is 6.09 Å². The molecule has 5 nitrogen and oxygen atoms in total. The van der Waals surface area contributed by atoms with Gasteiger partial charge in [-0.25, -0.2) is 9.78 Å². The highest BCUT2D eigenvalue weighted by Gasteiger charge is 2.22. The number of hydrogen-bond acceptors (Lipinski definition) is 3. The van der Waals surface area contributed by atoms with Crippen LogP contribution < -0.4 is 0 Å². The second-order valence-corrected chi connectivity index (χ2v) is 6.11. The summed E-state index contributed by atoms with van der Waals surface area (Å²) in [4.78, 5) is 17.3. The van der Waals surface area contributed by atoms with Crippen LogP contribution in [0.25, 0.3) is 0 Å². The molecule has 0 aliphatic carbocycles. The van der Waals surface area contributed by atoms with E-state index in [4.69, 9.17) is 4.74 Å². The Morgan fingerprint density at radius 1 is 1.25 bits per heavy atom. The lowest BCUT2D eigenvalue weighted by molar-refractivity contribution is 0.0216. The summed E-state index contributed by atoms with van der Waals surface area (Å²) in [5.41, 5.74) is -0.367. The van der Waals surface area contributed by atoms with Gasteiger partial charge in [-0.1, -0.05) is 0 Å². The van der Waals surface area contributed by atoms with E-state index in [0.717, 1.165) is 31.8 Å². The third kappa shape index (κ3) is 6.08. The van der Waals surface area contributed by atoms with E-state index in [2.05, 4.69) is 4.98 Å². The van der Waals surface area contributed by atoms with Gasteiger partial charge in [0, 0.05) is 32.5 Å². The van der Waals surface area contributed by atoms with Crippen LogP contribution in [0.2, 0.25) is 0 Å². The fourth-order valence-corrected chi connectivity index (χ4v) is 1.84. The number of nitrogens with zero attached hydrogens (tertiary/aromatic N) is 3. The SMILES string of the molecule is CC(C)(C)OC(=O)N1CCCCC1.Cc1nccn1C. The average molecular weight is 281 g/mol. The summed E-state index contributed by atoms with van der Waals surface area (Å²) in [6.07, 6.45) is 7.01. The lowest BCUT2D eigenvalue weighted by atomic mass is 10.1. The standard InChI is InChI=1S/C10H19NO2.C5H8N2/c1-10(2,3)13-9(12)11-7-5-4-6-8-11;1-5-6-3-4-7(5)2/h4-8H2,1-3H3;3-4H,1-2H3. The Bertz CT molecular complexity index is 398. The van der Waals surface area contributed by atoms with Crippen molar-refractivity contribution in [3.05, 3.63) is 18.2 Å². The Kier molecular flexibility index (Phi) is 6.05. The van der Waals surface area contributed by atoms with Crippen LogP contribution in [0.5, 0.6) is 0 Å². The summed E-state index contributed by atoms with van der Waals surface area (Å²) in [5, 5.41) is 0. The molecule has 20 heavy (non-hydrogen) atoms.